The van der Waals surface area contributed by atoms with Crippen molar-refractivity contribution in [3.8, 4) is 0 Å². The number of aliphatic hydroxyl groups excluding tert-OH is 1. The highest BCUT2D eigenvalue weighted by molar-refractivity contribution is 6.77. The number of rotatable bonds is 2. The Morgan fingerprint density at radius 2 is 2.10 bits per heavy atom. The minimum atomic E-state index is -1.95. The second-order valence-electron chi connectivity index (χ2n) is 5.31. The van der Waals surface area contributed by atoms with E-state index >= 15 is 0 Å². The van der Waals surface area contributed by atoms with Gasteiger partial charge in [0.25, 0.3) is 0 Å². The molecule has 0 aliphatic carbocycles. The van der Waals surface area contributed by atoms with Crippen molar-refractivity contribution < 1.29 is 28.5 Å². The molecule has 4 rings (SSSR count). The first kappa shape index (κ1) is 12.8. The van der Waals surface area contributed by atoms with Crippen LogP contribution in [0.25, 0.3) is 0 Å². The van der Waals surface area contributed by atoms with Gasteiger partial charge < -0.3 is 28.5 Å². The summed E-state index contributed by atoms with van der Waals surface area (Å²) in [6.07, 6.45) is -1.77. The Morgan fingerprint density at radius 1 is 1.30 bits per heavy atom. The molecule has 3 heterocycles. The van der Waals surface area contributed by atoms with Gasteiger partial charge in [0.05, 0.1) is 18.8 Å². The van der Waals surface area contributed by atoms with Crippen LogP contribution in [0.3, 0.4) is 0 Å². The highest BCUT2D eigenvalue weighted by atomic mass is 16.8. The molecule has 20 heavy (non-hydrogen) atoms. The third-order valence-corrected chi connectivity index (χ3v) is 4.25. The Balaban J connectivity index is 1.68. The van der Waals surface area contributed by atoms with Crippen LogP contribution in [0.4, 0.5) is 0 Å². The van der Waals surface area contributed by atoms with E-state index in [4.69, 9.17) is 23.4 Å². The largest absolute Gasteiger partial charge is 0.537 e. The molecular weight excluding hydrogens is 263 g/mol. The van der Waals surface area contributed by atoms with Gasteiger partial charge in [0, 0.05) is 13.7 Å². The van der Waals surface area contributed by atoms with Crippen molar-refractivity contribution in [2.75, 3.05) is 13.7 Å². The summed E-state index contributed by atoms with van der Waals surface area (Å²) in [5.41, 5.74) is 2.01. The lowest BCUT2D eigenvalue weighted by atomic mass is 9.70. The van der Waals surface area contributed by atoms with Crippen LogP contribution in [-0.4, -0.2) is 50.2 Å². The van der Waals surface area contributed by atoms with E-state index in [2.05, 4.69) is 0 Å². The molecule has 5 atom stereocenters. The third kappa shape index (κ3) is 1.62. The second kappa shape index (κ2) is 4.52. The van der Waals surface area contributed by atoms with Gasteiger partial charge in [-0.2, -0.15) is 0 Å². The number of methoxy groups -OCH3 is 1. The van der Waals surface area contributed by atoms with Crippen molar-refractivity contribution in [2.24, 2.45) is 0 Å². The Kier molecular flexibility index (Phi) is 2.89. The zero-order valence-corrected chi connectivity index (χ0v) is 11.1. The molecule has 7 heteroatoms. The third-order valence-electron chi connectivity index (χ3n) is 4.25. The van der Waals surface area contributed by atoms with Gasteiger partial charge in [-0.05, 0) is 0 Å². The molecule has 0 saturated carbocycles. The summed E-state index contributed by atoms with van der Waals surface area (Å²) in [4.78, 5) is 0. The van der Waals surface area contributed by atoms with Crippen LogP contribution < -0.4 is 5.46 Å². The number of hydrogen-bond donors (Lipinski definition) is 1. The molecule has 0 radical (unpaired) electrons. The van der Waals surface area contributed by atoms with E-state index in [9.17, 15) is 5.11 Å². The quantitative estimate of drug-likeness (QED) is 0.737. The Bertz CT molecular complexity index is 505. The molecule has 1 aromatic carbocycles. The molecule has 2 saturated heterocycles. The van der Waals surface area contributed by atoms with Gasteiger partial charge in [0.1, 0.15) is 6.10 Å². The van der Waals surface area contributed by atoms with Crippen LogP contribution >= 0.6 is 0 Å². The van der Waals surface area contributed by atoms with E-state index in [-0.39, 0.29) is 18.8 Å². The zero-order valence-electron chi connectivity index (χ0n) is 11.1. The molecule has 0 aromatic heterocycles. The van der Waals surface area contributed by atoms with Crippen LogP contribution in [-0.2, 0) is 30.0 Å². The molecule has 3 aliphatic rings. The summed E-state index contributed by atoms with van der Waals surface area (Å²) < 4.78 is 28.7. The van der Waals surface area contributed by atoms with E-state index < -0.39 is 19.1 Å². The van der Waals surface area contributed by atoms with Crippen LogP contribution in [0.15, 0.2) is 24.3 Å². The fraction of sp³-hybridized carbons (Fsp3) is 0.538. The van der Waals surface area contributed by atoms with Crippen LogP contribution in [0, 0.1) is 0 Å². The normalized spacial score (nSPS) is 42.1. The summed E-state index contributed by atoms with van der Waals surface area (Å²) in [6.45, 7) is -1.62. The van der Waals surface area contributed by atoms with E-state index in [1.165, 1.54) is 0 Å². The summed E-state index contributed by atoms with van der Waals surface area (Å²) in [5.74, 6) is 0. The Hall–Kier alpha value is -0.955. The van der Waals surface area contributed by atoms with E-state index in [1.807, 2.05) is 24.3 Å². The summed E-state index contributed by atoms with van der Waals surface area (Å²) in [5, 5.41) is 9.40. The highest BCUT2D eigenvalue weighted by Gasteiger charge is 2.57. The van der Waals surface area contributed by atoms with E-state index in [0.717, 1.165) is 11.0 Å². The molecule has 0 amide bonds. The monoisotopic (exact) mass is 279 g/mol. The Morgan fingerprint density at radius 3 is 2.90 bits per heavy atom. The van der Waals surface area contributed by atoms with Gasteiger partial charge in [-0.15, -0.1) is 5.46 Å². The standard InChI is InChI=1S/C13H16BO6/c1-16-13-12-11(10(6-15)18-13)19-14(20-12)9-5-3-2-4-8(9)7-17-14/h2-5,10-13,15H,6-7H2,1H3/q-1/t10-,11?,12?,13-,14?/m1/s1. The van der Waals surface area contributed by atoms with Crippen LogP contribution in [0.2, 0.25) is 0 Å². The van der Waals surface area contributed by atoms with Gasteiger partial charge in [-0.3, -0.25) is 0 Å². The van der Waals surface area contributed by atoms with Crippen molar-refractivity contribution in [1.82, 2.24) is 0 Å². The zero-order chi connectivity index (χ0) is 13.7. The number of ether oxygens (including phenoxy) is 2. The molecule has 3 unspecified atom stereocenters. The first-order chi connectivity index (χ1) is 9.77. The van der Waals surface area contributed by atoms with Crippen LogP contribution in [0.5, 0.6) is 0 Å². The fourth-order valence-corrected chi connectivity index (χ4v) is 3.31. The number of fused-ring (bicyclic) bond motifs is 3. The van der Waals surface area contributed by atoms with Crippen molar-refractivity contribution >= 4 is 12.2 Å². The number of benzene rings is 1. The second-order valence-corrected chi connectivity index (χ2v) is 5.31. The molecule has 1 aromatic rings. The molecule has 1 N–H and O–H groups in total. The van der Waals surface area contributed by atoms with Crippen molar-refractivity contribution in [2.45, 2.75) is 31.2 Å². The number of hydrogen-bond acceptors (Lipinski definition) is 6. The maximum absolute atomic E-state index is 9.40. The average molecular weight is 279 g/mol. The molecule has 108 valence electrons. The maximum atomic E-state index is 9.40. The minimum Gasteiger partial charge on any atom is -0.537 e. The predicted octanol–water partition coefficient (Wildman–Crippen LogP) is -0.490. The molecule has 0 bridgehead atoms. The van der Waals surface area contributed by atoms with Crippen LogP contribution in [0.1, 0.15) is 5.56 Å². The van der Waals surface area contributed by atoms with Gasteiger partial charge in [-0.1, -0.05) is 29.8 Å². The Labute approximate surface area is 116 Å². The topological polar surface area (TPSA) is 66.4 Å². The van der Waals surface area contributed by atoms with Crippen molar-refractivity contribution in [1.29, 1.82) is 0 Å². The highest BCUT2D eigenvalue weighted by Crippen LogP contribution is 2.39. The van der Waals surface area contributed by atoms with Crippen molar-refractivity contribution in [3.63, 3.8) is 0 Å². The maximum Gasteiger partial charge on any atom is 0.410 e. The first-order valence-corrected chi connectivity index (χ1v) is 6.78. The smallest absolute Gasteiger partial charge is 0.410 e. The summed E-state index contributed by atoms with van der Waals surface area (Å²) >= 11 is 0. The lowest BCUT2D eigenvalue weighted by Gasteiger charge is -2.33. The van der Waals surface area contributed by atoms with Gasteiger partial charge in [0.2, 0.25) is 0 Å². The van der Waals surface area contributed by atoms with E-state index in [0.29, 0.717) is 6.61 Å². The molecule has 6 nitrogen and oxygen atoms in total. The predicted molar refractivity (Wildman–Crippen MR) is 69.1 cm³/mol. The van der Waals surface area contributed by atoms with E-state index in [1.54, 1.807) is 7.11 Å². The average Bonchev–Trinajstić information content (AvgIpc) is 3.12. The molecule has 3 aliphatic heterocycles. The molecule has 2 fully saturated rings. The molecule has 1 spiro atoms. The van der Waals surface area contributed by atoms with Gasteiger partial charge in [-0.25, -0.2) is 0 Å². The molecular formula is C13H16BO6-. The SMILES string of the molecule is CO[C@@H]1O[C@H](CO)C2O[B-]3(OCc4ccccc43)OC21. The van der Waals surface area contributed by atoms with Gasteiger partial charge in [0.15, 0.2) is 6.29 Å². The first-order valence-electron chi connectivity index (χ1n) is 6.78. The summed E-state index contributed by atoms with van der Waals surface area (Å²) in [6, 6.07) is 7.86. The number of aliphatic hydroxyl groups is 1. The lowest BCUT2D eigenvalue weighted by molar-refractivity contribution is -0.156. The van der Waals surface area contributed by atoms with Crippen molar-refractivity contribution in [3.05, 3.63) is 29.8 Å². The van der Waals surface area contributed by atoms with Gasteiger partial charge >= 0.3 is 6.75 Å². The lowest BCUT2D eigenvalue weighted by Crippen LogP contribution is -2.51. The fourth-order valence-electron chi connectivity index (χ4n) is 3.31. The minimum absolute atomic E-state index is 0.141. The summed E-state index contributed by atoms with van der Waals surface area (Å²) in [7, 11) is 1.55.